The van der Waals surface area contributed by atoms with E-state index in [-0.39, 0.29) is 11.3 Å². The Morgan fingerprint density at radius 2 is 1.79 bits per heavy atom. The van der Waals surface area contributed by atoms with Crippen LogP contribution in [-0.4, -0.2) is 40.3 Å². The first kappa shape index (κ1) is 17.3. The highest BCUT2D eigenvalue weighted by Gasteiger charge is 2.23. The maximum Gasteiger partial charge on any atom is 0.350 e. The number of aromatic nitrogens is 2. The van der Waals surface area contributed by atoms with E-state index in [0.29, 0.717) is 8.54 Å². The van der Waals surface area contributed by atoms with E-state index in [1.807, 2.05) is 0 Å². The number of phenolic OH excluding ortho intramolecular Hbond substituents is 1. The van der Waals surface area contributed by atoms with Gasteiger partial charge in [-0.15, -0.1) is 0 Å². The Morgan fingerprint density at radius 1 is 1.21 bits per heavy atom. The van der Waals surface area contributed by atoms with Gasteiger partial charge in [0.1, 0.15) is 11.8 Å². The van der Waals surface area contributed by atoms with E-state index in [9.17, 15) is 27.9 Å². The average Bonchev–Trinajstić information content (AvgIpc) is 2.87. The Balaban J connectivity index is 2.33. The number of aromatic hydroxyl groups is 1. The molecule has 128 valence electrons. The molecule has 1 unspecified atom stereocenters. The molecular formula is C13H14N4O6S. The standard InChI is InChI=1S/C13H14N4O6S/c1-24(22,23)17-7-6-16(13(17)21)12(20)15-10(11(14)19)8-2-4-9(18)5-3-8/h2-7,10,18H,1H3,(H2,14,19)(H,15,20). The largest absolute Gasteiger partial charge is 0.508 e. The third kappa shape index (κ3) is 3.46. The van der Waals surface area contributed by atoms with Gasteiger partial charge in [-0.3, -0.25) is 4.79 Å². The maximum atomic E-state index is 12.1. The van der Waals surface area contributed by atoms with Crippen molar-refractivity contribution in [3.63, 3.8) is 0 Å². The zero-order chi connectivity index (χ0) is 18.1. The molecule has 0 radical (unpaired) electrons. The maximum absolute atomic E-state index is 12.1. The number of hydrogen-bond acceptors (Lipinski definition) is 6. The number of rotatable bonds is 4. The van der Waals surface area contributed by atoms with E-state index in [2.05, 4.69) is 5.32 Å². The zero-order valence-electron chi connectivity index (χ0n) is 12.4. The first-order valence-corrected chi connectivity index (χ1v) is 8.36. The van der Waals surface area contributed by atoms with Crippen molar-refractivity contribution >= 4 is 22.0 Å². The average molecular weight is 354 g/mol. The summed E-state index contributed by atoms with van der Waals surface area (Å²) in [6.07, 6.45) is 2.67. The number of nitrogens with two attached hydrogens (primary N) is 1. The summed E-state index contributed by atoms with van der Waals surface area (Å²) in [4.78, 5) is 35.6. The number of nitrogens with one attached hydrogen (secondary N) is 1. The normalized spacial score (nSPS) is 12.5. The van der Waals surface area contributed by atoms with Crippen LogP contribution in [0.2, 0.25) is 0 Å². The number of primary amides is 1. The van der Waals surface area contributed by atoms with Crippen molar-refractivity contribution in [1.82, 2.24) is 13.9 Å². The van der Waals surface area contributed by atoms with E-state index in [0.717, 1.165) is 18.6 Å². The molecule has 4 N–H and O–H groups in total. The lowest BCUT2D eigenvalue weighted by Gasteiger charge is -2.15. The number of hydrogen-bond donors (Lipinski definition) is 3. The van der Waals surface area contributed by atoms with Crippen LogP contribution in [0, 0.1) is 0 Å². The van der Waals surface area contributed by atoms with Crippen molar-refractivity contribution in [2.45, 2.75) is 6.04 Å². The fourth-order valence-electron chi connectivity index (χ4n) is 1.95. The summed E-state index contributed by atoms with van der Waals surface area (Å²) in [6.45, 7) is 0. The van der Waals surface area contributed by atoms with Crippen molar-refractivity contribution in [1.29, 1.82) is 0 Å². The molecule has 1 aromatic heterocycles. The quantitative estimate of drug-likeness (QED) is 0.636. The highest BCUT2D eigenvalue weighted by atomic mass is 32.2. The molecule has 0 aliphatic rings. The number of carbonyl (C=O) groups is 2. The first-order chi connectivity index (χ1) is 11.1. The molecular weight excluding hydrogens is 340 g/mol. The number of imidazole rings is 1. The van der Waals surface area contributed by atoms with Gasteiger partial charge in [-0.25, -0.2) is 22.6 Å². The summed E-state index contributed by atoms with van der Waals surface area (Å²) >= 11 is 0. The molecule has 2 aromatic rings. The second-order valence-corrected chi connectivity index (χ2v) is 6.75. The topological polar surface area (TPSA) is 153 Å². The Hall–Kier alpha value is -3.08. The number of benzene rings is 1. The molecule has 0 bridgehead atoms. The van der Waals surface area contributed by atoms with Crippen LogP contribution in [0.25, 0.3) is 0 Å². The van der Waals surface area contributed by atoms with Gasteiger partial charge < -0.3 is 16.2 Å². The van der Waals surface area contributed by atoms with E-state index >= 15 is 0 Å². The predicted octanol–water partition coefficient (Wildman–Crippen LogP) is -1.05. The molecule has 1 atom stereocenters. The van der Waals surface area contributed by atoms with Crippen LogP contribution in [0.1, 0.15) is 11.6 Å². The van der Waals surface area contributed by atoms with E-state index in [1.165, 1.54) is 24.3 Å². The molecule has 0 aliphatic carbocycles. The smallest absolute Gasteiger partial charge is 0.350 e. The van der Waals surface area contributed by atoms with Crippen molar-refractivity contribution < 1.29 is 23.1 Å². The summed E-state index contributed by atoms with van der Waals surface area (Å²) in [5.41, 5.74) is 4.42. The molecule has 0 fully saturated rings. The zero-order valence-corrected chi connectivity index (χ0v) is 13.2. The highest BCUT2D eigenvalue weighted by Crippen LogP contribution is 2.16. The third-order valence-corrected chi connectivity index (χ3v) is 4.09. The molecule has 10 nitrogen and oxygen atoms in total. The van der Waals surface area contributed by atoms with Gasteiger partial charge in [0, 0.05) is 12.4 Å². The fraction of sp³-hybridized carbons (Fsp3) is 0.154. The molecule has 2 amide bonds. The van der Waals surface area contributed by atoms with Crippen LogP contribution < -0.4 is 16.7 Å². The van der Waals surface area contributed by atoms with Crippen LogP contribution in [0.15, 0.2) is 41.5 Å². The minimum Gasteiger partial charge on any atom is -0.508 e. The fourth-order valence-corrected chi connectivity index (χ4v) is 2.59. The van der Waals surface area contributed by atoms with Crippen LogP contribution in [0.3, 0.4) is 0 Å². The molecule has 1 aromatic carbocycles. The first-order valence-electron chi connectivity index (χ1n) is 6.51. The van der Waals surface area contributed by atoms with Gasteiger partial charge >= 0.3 is 11.7 Å². The molecule has 2 rings (SSSR count). The second kappa shape index (κ2) is 6.20. The summed E-state index contributed by atoms with van der Waals surface area (Å²) in [7, 11) is -3.86. The Bertz CT molecular complexity index is 942. The lowest BCUT2D eigenvalue weighted by atomic mass is 10.1. The van der Waals surface area contributed by atoms with E-state index in [1.54, 1.807) is 0 Å². The predicted molar refractivity (Wildman–Crippen MR) is 82.9 cm³/mol. The minimum absolute atomic E-state index is 0.0465. The van der Waals surface area contributed by atoms with Crippen molar-refractivity contribution in [2.75, 3.05) is 6.26 Å². The summed E-state index contributed by atoms with van der Waals surface area (Å²) in [5.74, 6) is -0.945. The summed E-state index contributed by atoms with van der Waals surface area (Å²) < 4.78 is 23.7. The van der Waals surface area contributed by atoms with Gasteiger partial charge in [0.2, 0.25) is 15.9 Å². The summed E-state index contributed by atoms with van der Waals surface area (Å²) in [6, 6.07) is 3.03. The minimum atomic E-state index is -3.86. The second-order valence-electron chi connectivity index (χ2n) is 4.89. The molecule has 0 saturated carbocycles. The molecule has 1 heterocycles. The van der Waals surface area contributed by atoms with Gasteiger partial charge in [0.05, 0.1) is 6.26 Å². The van der Waals surface area contributed by atoms with E-state index in [4.69, 9.17) is 5.73 Å². The van der Waals surface area contributed by atoms with Gasteiger partial charge in [-0.1, -0.05) is 12.1 Å². The lowest BCUT2D eigenvalue weighted by molar-refractivity contribution is -0.119. The van der Waals surface area contributed by atoms with E-state index < -0.39 is 33.7 Å². The van der Waals surface area contributed by atoms with Crippen molar-refractivity contribution in [3.8, 4) is 5.75 Å². The lowest BCUT2D eigenvalue weighted by Crippen LogP contribution is -2.43. The summed E-state index contributed by atoms with van der Waals surface area (Å²) in [5, 5.41) is 11.5. The van der Waals surface area contributed by atoms with Crippen LogP contribution >= 0.6 is 0 Å². The Kier molecular flexibility index (Phi) is 4.46. The monoisotopic (exact) mass is 354 g/mol. The number of carbonyl (C=O) groups excluding carboxylic acids is 2. The van der Waals surface area contributed by atoms with Gasteiger partial charge in [0.25, 0.3) is 0 Å². The van der Waals surface area contributed by atoms with Crippen molar-refractivity contribution in [3.05, 3.63) is 52.7 Å². The van der Waals surface area contributed by atoms with Crippen molar-refractivity contribution in [2.24, 2.45) is 5.73 Å². The molecule has 0 aliphatic heterocycles. The highest BCUT2D eigenvalue weighted by molar-refractivity contribution is 7.89. The van der Waals surface area contributed by atoms with Crippen LogP contribution in [-0.2, 0) is 14.8 Å². The SMILES string of the molecule is CS(=O)(=O)n1ccn(C(=O)NC(C(N)=O)c2ccc(O)cc2)c1=O. The number of nitrogens with zero attached hydrogens (tertiary/aromatic N) is 2. The van der Waals surface area contributed by atoms with Gasteiger partial charge in [-0.05, 0) is 17.7 Å². The third-order valence-electron chi connectivity index (χ3n) is 3.10. The molecule has 11 heteroatoms. The Morgan fingerprint density at radius 3 is 2.25 bits per heavy atom. The van der Waals surface area contributed by atoms with Gasteiger partial charge in [0.15, 0.2) is 0 Å². The molecule has 0 spiro atoms. The number of amides is 2. The van der Waals surface area contributed by atoms with Crippen LogP contribution in [0.4, 0.5) is 4.79 Å². The molecule has 24 heavy (non-hydrogen) atoms. The molecule has 0 saturated heterocycles. The van der Waals surface area contributed by atoms with Gasteiger partial charge in [-0.2, -0.15) is 3.97 Å². The number of phenols is 1. The Labute approximate surface area is 136 Å². The van der Waals surface area contributed by atoms with Crippen LogP contribution in [0.5, 0.6) is 5.75 Å².